The van der Waals surface area contributed by atoms with Crippen LogP contribution in [-0.2, 0) is 5.41 Å². The van der Waals surface area contributed by atoms with Crippen molar-refractivity contribution >= 4 is 0 Å². The van der Waals surface area contributed by atoms with Gasteiger partial charge >= 0.3 is 0 Å². The second kappa shape index (κ2) is 5.33. The van der Waals surface area contributed by atoms with Gasteiger partial charge in [0.25, 0.3) is 6.43 Å². The summed E-state index contributed by atoms with van der Waals surface area (Å²) in [5, 5.41) is 0. The summed E-state index contributed by atoms with van der Waals surface area (Å²) < 4.78 is 36.5. The Morgan fingerprint density at radius 3 is 2.32 bits per heavy atom. The average molecular weight is 271 g/mol. The van der Waals surface area contributed by atoms with Crippen molar-refractivity contribution in [2.75, 3.05) is 20.8 Å². The molecule has 1 saturated carbocycles. The highest BCUT2D eigenvalue weighted by Crippen LogP contribution is 2.47. The smallest absolute Gasteiger partial charge is 0.267 e. The second-order valence-corrected chi connectivity index (χ2v) is 4.94. The number of halogens is 2. The van der Waals surface area contributed by atoms with Gasteiger partial charge in [-0.3, -0.25) is 0 Å². The molecular weight excluding hydrogens is 252 g/mol. The third-order valence-corrected chi connectivity index (χ3v) is 4.06. The van der Waals surface area contributed by atoms with Gasteiger partial charge in [0.2, 0.25) is 0 Å². The molecule has 0 unspecified atom stereocenters. The highest BCUT2D eigenvalue weighted by atomic mass is 19.3. The van der Waals surface area contributed by atoms with E-state index in [1.165, 1.54) is 20.3 Å². The first kappa shape index (κ1) is 14.1. The zero-order valence-corrected chi connectivity index (χ0v) is 11.2. The van der Waals surface area contributed by atoms with E-state index in [2.05, 4.69) is 0 Å². The molecule has 0 radical (unpaired) electrons. The molecule has 1 aliphatic carbocycles. The summed E-state index contributed by atoms with van der Waals surface area (Å²) in [6.45, 7) is 0.463. The van der Waals surface area contributed by atoms with Crippen LogP contribution in [0.5, 0.6) is 11.5 Å². The van der Waals surface area contributed by atoms with Gasteiger partial charge in [0.05, 0.1) is 19.8 Å². The number of nitrogens with two attached hydrogens (primary N) is 1. The van der Waals surface area contributed by atoms with Gasteiger partial charge in [0.1, 0.15) is 0 Å². The SMILES string of the molecule is COc1cc(C2(CN)CCC2)cc(C(F)F)c1OC. The van der Waals surface area contributed by atoms with Crippen LogP contribution in [-0.4, -0.2) is 20.8 Å². The van der Waals surface area contributed by atoms with Gasteiger partial charge in [0, 0.05) is 12.0 Å². The Balaban J connectivity index is 2.54. The topological polar surface area (TPSA) is 44.5 Å². The molecular formula is C14H19F2NO2. The first-order valence-corrected chi connectivity index (χ1v) is 6.32. The van der Waals surface area contributed by atoms with Crippen molar-refractivity contribution in [1.82, 2.24) is 0 Å². The molecule has 0 saturated heterocycles. The third-order valence-electron chi connectivity index (χ3n) is 4.06. The quantitative estimate of drug-likeness (QED) is 0.895. The lowest BCUT2D eigenvalue weighted by Gasteiger charge is -2.42. The minimum atomic E-state index is -2.60. The fourth-order valence-electron chi connectivity index (χ4n) is 2.68. The molecule has 19 heavy (non-hydrogen) atoms. The highest BCUT2D eigenvalue weighted by molar-refractivity contribution is 5.52. The van der Waals surface area contributed by atoms with Gasteiger partial charge in [-0.15, -0.1) is 0 Å². The fourth-order valence-corrected chi connectivity index (χ4v) is 2.68. The van der Waals surface area contributed by atoms with E-state index in [-0.39, 0.29) is 16.7 Å². The van der Waals surface area contributed by atoms with Gasteiger partial charge in [-0.25, -0.2) is 8.78 Å². The lowest BCUT2D eigenvalue weighted by molar-refractivity contribution is 0.145. The molecule has 0 amide bonds. The zero-order chi connectivity index (χ0) is 14.0. The minimum absolute atomic E-state index is 0.104. The van der Waals surface area contributed by atoms with E-state index in [9.17, 15) is 8.78 Å². The number of rotatable bonds is 5. The lowest BCUT2D eigenvalue weighted by atomic mass is 9.64. The molecule has 0 atom stereocenters. The maximum atomic E-state index is 13.2. The van der Waals surface area contributed by atoms with Crippen LogP contribution in [0.15, 0.2) is 12.1 Å². The molecule has 106 valence electrons. The standard InChI is InChI=1S/C14H19F2NO2/c1-18-11-7-9(14(8-17)4-3-5-14)6-10(13(15)16)12(11)19-2/h6-7,13H,3-5,8,17H2,1-2H3. The molecule has 1 aliphatic rings. The normalized spacial score (nSPS) is 17.2. The molecule has 0 spiro atoms. The molecule has 1 fully saturated rings. The van der Waals surface area contributed by atoms with Crippen molar-refractivity contribution in [2.45, 2.75) is 31.1 Å². The van der Waals surface area contributed by atoms with E-state index in [0.29, 0.717) is 12.3 Å². The van der Waals surface area contributed by atoms with Crippen LogP contribution in [0.3, 0.4) is 0 Å². The van der Waals surface area contributed by atoms with Crippen molar-refractivity contribution in [2.24, 2.45) is 5.73 Å². The monoisotopic (exact) mass is 271 g/mol. The Bertz CT molecular complexity index is 453. The zero-order valence-electron chi connectivity index (χ0n) is 11.2. The van der Waals surface area contributed by atoms with Crippen LogP contribution in [0.4, 0.5) is 8.78 Å². The molecule has 5 heteroatoms. The Kier molecular flexibility index (Phi) is 3.94. The molecule has 1 aromatic rings. The van der Waals surface area contributed by atoms with Crippen molar-refractivity contribution < 1.29 is 18.3 Å². The molecule has 0 bridgehead atoms. The van der Waals surface area contributed by atoms with Crippen LogP contribution in [0.1, 0.15) is 36.8 Å². The summed E-state index contributed by atoms with van der Waals surface area (Å²) >= 11 is 0. The van der Waals surface area contributed by atoms with E-state index in [4.69, 9.17) is 15.2 Å². The summed E-state index contributed by atoms with van der Waals surface area (Å²) in [6.07, 6.45) is 0.345. The predicted octanol–water partition coefficient (Wildman–Crippen LogP) is 3.02. The summed E-state index contributed by atoms with van der Waals surface area (Å²) in [6, 6.07) is 3.29. The highest BCUT2D eigenvalue weighted by Gasteiger charge is 2.38. The molecule has 2 N–H and O–H groups in total. The summed E-state index contributed by atoms with van der Waals surface area (Å²) in [5.74, 6) is 0.447. The first-order chi connectivity index (χ1) is 9.07. The van der Waals surface area contributed by atoms with Gasteiger partial charge < -0.3 is 15.2 Å². The number of hydrogen-bond donors (Lipinski definition) is 1. The van der Waals surface area contributed by atoms with Crippen LogP contribution >= 0.6 is 0 Å². The Morgan fingerprint density at radius 1 is 1.26 bits per heavy atom. The Hall–Kier alpha value is -1.36. The van der Waals surface area contributed by atoms with Crippen molar-refractivity contribution in [3.8, 4) is 11.5 Å². The summed E-state index contributed by atoms with van der Waals surface area (Å²) in [5.41, 5.74) is 6.35. The van der Waals surface area contributed by atoms with Gasteiger partial charge in [-0.05, 0) is 30.5 Å². The fraction of sp³-hybridized carbons (Fsp3) is 0.571. The molecule has 2 rings (SSSR count). The number of alkyl halides is 2. The van der Waals surface area contributed by atoms with Gasteiger partial charge in [-0.2, -0.15) is 0 Å². The Morgan fingerprint density at radius 2 is 1.95 bits per heavy atom. The Labute approximate surface area is 111 Å². The van der Waals surface area contributed by atoms with Crippen LogP contribution in [0, 0.1) is 0 Å². The van der Waals surface area contributed by atoms with Crippen LogP contribution in [0.2, 0.25) is 0 Å². The minimum Gasteiger partial charge on any atom is -0.493 e. The maximum absolute atomic E-state index is 13.2. The molecule has 3 nitrogen and oxygen atoms in total. The third kappa shape index (κ3) is 2.27. The molecule has 0 aromatic heterocycles. The predicted molar refractivity (Wildman–Crippen MR) is 69.1 cm³/mol. The second-order valence-electron chi connectivity index (χ2n) is 4.94. The van der Waals surface area contributed by atoms with Gasteiger partial charge in [0.15, 0.2) is 11.5 Å². The lowest BCUT2D eigenvalue weighted by Crippen LogP contribution is -2.41. The summed E-state index contributed by atoms with van der Waals surface area (Å²) in [4.78, 5) is 0. The maximum Gasteiger partial charge on any atom is 0.267 e. The number of methoxy groups -OCH3 is 2. The van der Waals surface area contributed by atoms with E-state index >= 15 is 0 Å². The number of hydrogen-bond acceptors (Lipinski definition) is 3. The molecule has 0 heterocycles. The van der Waals surface area contributed by atoms with Gasteiger partial charge in [-0.1, -0.05) is 6.42 Å². The first-order valence-electron chi connectivity index (χ1n) is 6.32. The van der Waals surface area contributed by atoms with Crippen LogP contribution in [0.25, 0.3) is 0 Å². The van der Waals surface area contributed by atoms with Crippen molar-refractivity contribution in [3.05, 3.63) is 23.3 Å². The van der Waals surface area contributed by atoms with E-state index < -0.39 is 6.43 Å². The summed E-state index contributed by atoms with van der Waals surface area (Å²) in [7, 11) is 2.82. The number of ether oxygens (including phenoxy) is 2. The molecule has 0 aliphatic heterocycles. The van der Waals surface area contributed by atoms with Crippen LogP contribution < -0.4 is 15.2 Å². The van der Waals surface area contributed by atoms with E-state index in [1.54, 1.807) is 6.07 Å². The van der Waals surface area contributed by atoms with Crippen molar-refractivity contribution in [3.63, 3.8) is 0 Å². The van der Waals surface area contributed by atoms with E-state index in [1.807, 2.05) is 0 Å². The number of benzene rings is 1. The van der Waals surface area contributed by atoms with E-state index in [0.717, 1.165) is 24.8 Å². The van der Waals surface area contributed by atoms with Crippen molar-refractivity contribution in [1.29, 1.82) is 0 Å². The average Bonchev–Trinajstić information content (AvgIpc) is 2.36. The molecule has 1 aromatic carbocycles. The largest absolute Gasteiger partial charge is 0.493 e.